The summed E-state index contributed by atoms with van der Waals surface area (Å²) in [4.78, 5) is 16.0. The van der Waals surface area contributed by atoms with E-state index in [2.05, 4.69) is 52.7 Å². The summed E-state index contributed by atoms with van der Waals surface area (Å²) in [6, 6.07) is 6.69. The topological polar surface area (TPSA) is 94.1 Å². The Bertz CT molecular complexity index is 1060. The minimum atomic E-state index is 0.352. The summed E-state index contributed by atoms with van der Waals surface area (Å²) in [5.74, 6) is 2.80. The molecule has 1 fully saturated rings. The molecule has 4 rings (SSSR count). The van der Waals surface area contributed by atoms with E-state index in [0.29, 0.717) is 25.1 Å². The molecule has 0 radical (unpaired) electrons. The van der Waals surface area contributed by atoms with Crippen LogP contribution in [0.2, 0.25) is 0 Å². The van der Waals surface area contributed by atoms with Crippen LogP contribution >= 0.6 is 0 Å². The molecule has 1 aromatic carbocycles. The molecule has 3 N–H and O–H groups in total. The van der Waals surface area contributed by atoms with Gasteiger partial charge in [0.05, 0.1) is 18.6 Å². The summed E-state index contributed by atoms with van der Waals surface area (Å²) in [5, 5.41) is 3.52. The van der Waals surface area contributed by atoms with E-state index in [9.17, 15) is 0 Å². The van der Waals surface area contributed by atoms with Crippen LogP contribution in [0.25, 0.3) is 0 Å². The van der Waals surface area contributed by atoms with Crippen molar-refractivity contribution in [3.05, 3.63) is 53.7 Å². The van der Waals surface area contributed by atoms with Crippen molar-refractivity contribution in [2.24, 2.45) is 5.73 Å². The highest BCUT2D eigenvalue weighted by Crippen LogP contribution is 2.34. The predicted molar refractivity (Wildman–Crippen MR) is 132 cm³/mol. The number of imidazole rings is 1. The van der Waals surface area contributed by atoms with Gasteiger partial charge in [-0.1, -0.05) is 13.8 Å². The second-order valence-corrected chi connectivity index (χ2v) is 8.89. The van der Waals surface area contributed by atoms with Gasteiger partial charge in [-0.05, 0) is 55.9 Å². The number of hydrogen-bond acceptors (Lipinski definition) is 7. The van der Waals surface area contributed by atoms with Crippen LogP contribution in [0.1, 0.15) is 62.4 Å². The molecule has 1 aliphatic rings. The number of nitrogens with two attached hydrogens (primary N) is 1. The lowest BCUT2D eigenvalue weighted by atomic mass is 9.99. The fourth-order valence-electron chi connectivity index (χ4n) is 4.35. The quantitative estimate of drug-likeness (QED) is 0.521. The van der Waals surface area contributed by atoms with Crippen LogP contribution in [0.4, 0.5) is 17.5 Å². The molecule has 8 nitrogen and oxygen atoms in total. The number of piperidine rings is 1. The number of anilines is 3. The first-order chi connectivity index (χ1) is 16.0. The molecule has 0 saturated carbocycles. The molecule has 0 unspecified atom stereocenters. The van der Waals surface area contributed by atoms with E-state index in [1.54, 1.807) is 0 Å². The van der Waals surface area contributed by atoms with E-state index in [0.717, 1.165) is 60.4 Å². The number of nitrogens with one attached hydrogen (secondary N) is 1. The molecule has 3 heterocycles. The van der Waals surface area contributed by atoms with Gasteiger partial charge >= 0.3 is 0 Å². The fourth-order valence-corrected chi connectivity index (χ4v) is 4.35. The molecule has 2 aromatic heterocycles. The normalized spacial score (nSPS) is 14.7. The Morgan fingerprint density at radius 1 is 1.18 bits per heavy atom. The molecule has 33 heavy (non-hydrogen) atoms. The van der Waals surface area contributed by atoms with Gasteiger partial charge in [0, 0.05) is 49.8 Å². The van der Waals surface area contributed by atoms with Crippen molar-refractivity contribution in [3.63, 3.8) is 0 Å². The maximum Gasteiger partial charge on any atom is 0.227 e. The zero-order valence-corrected chi connectivity index (χ0v) is 20.1. The Hall–Kier alpha value is -3.13. The Kier molecular flexibility index (Phi) is 7.13. The molecular formula is C25H35N7O. The third kappa shape index (κ3) is 5.27. The average molecular weight is 450 g/mol. The van der Waals surface area contributed by atoms with Gasteiger partial charge in [0.15, 0.2) is 0 Å². The van der Waals surface area contributed by atoms with Gasteiger partial charge in [0.1, 0.15) is 11.6 Å². The van der Waals surface area contributed by atoms with Crippen LogP contribution in [0, 0.1) is 6.92 Å². The summed E-state index contributed by atoms with van der Waals surface area (Å²) in [6.07, 6.45) is 7.85. The first-order valence-electron chi connectivity index (χ1n) is 11.8. The number of hydrogen-bond donors (Lipinski definition) is 2. The summed E-state index contributed by atoms with van der Waals surface area (Å²) in [6.45, 7) is 11.3. The number of aryl methyl sites for hydroxylation is 1. The van der Waals surface area contributed by atoms with E-state index < -0.39 is 0 Å². The van der Waals surface area contributed by atoms with Crippen LogP contribution in [-0.2, 0) is 6.54 Å². The average Bonchev–Trinajstić information content (AvgIpc) is 3.36. The summed E-state index contributed by atoms with van der Waals surface area (Å²) >= 11 is 0. The molecule has 0 spiro atoms. The van der Waals surface area contributed by atoms with E-state index in [1.165, 1.54) is 5.56 Å². The maximum atomic E-state index is 5.98. The summed E-state index contributed by atoms with van der Waals surface area (Å²) < 4.78 is 8.07. The van der Waals surface area contributed by atoms with Crippen LogP contribution < -0.4 is 20.7 Å². The highest BCUT2D eigenvalue weighted by Gasteiger charge is 2.23. The fraction of sp³-hybridized carbons (Fsp3) is 0.480. The Labute approximate surface area is 196 Å². The monoisotopic (exact) mass is 449 g/mol. The second kappa shape index (κ2) is 10.2. The molecule has 0 bridgehead atoms. The van der Waals surface area contributed by atoms with E-state index in [-0.39, 0.29) is 0 Å². The molecule has 0 amide bonds. The number of benzene rings is 1. The molecule has 3 aromatic rings. The maximum absolute atomic E-state index is 5.98. The smallest absolute Gasteiger partial charge is 0.227 e. The van der Waals surface area contributed by atoms with Gasteiger partial charge in [-0.3, -0.25) is 0 Å². The van der Waals surface area contributed by atoms with E-state index in [1.807, 2.05) is 31.7 Å². The van der Waals surface area contributed by atoms with Gasteiger partial charge in [-0.15, -0.1) is 0 Å². The third-order valence-corrected chi connectivity index (χ3v) is 6.21. The first kappa shape index (κ1) is 23.0. The van der Waals surface area contributed by atoms with Crippen molar-refractivity contribution in [2.75, 3.05) is 29.9 Å². The van der Waals surface area contributed by atoms with Crippen molar-refractivity contribution in [1.82, 2.24) is 19.5 Å². The highest BCUT2D eigenvalue weighted by atomic mass is 16.5. The van der Waals surface area contributed by atoms with Crippen molar-refractivity contribution >= 4 is 17.5 Å². The molecule has 176 valence electrons. The lowest BCUT2D eigenvalue weighted by molar-refractivity contribution is 0.335. The summed E-state index contributed by atoms with van der Waals surface area (Å²) in [7, 11) is 0. The van der Waals surface area contributed by atoms with E-state index in [4.69, 9.17) is 20.4 Å². The van der Waals surface area contributed by atoms with Gasteiger partial charge in [-0.2, -0.15) is 4.98 Å². The van der Waals surface area contributed by atoms with Crippen LogP contribution in [0.5, 0.6) is 5.75 Å². The van der Waals surface area contributed by atoms with Crippen LogP contribution in [0.15, 0.2) is 36.9 Å². The Morgan fingerprint density at radius 2 is 1.97 bits per heavy atom. The lowest BCUT2D eigenvalue weighted by Gasteiger charge is -2.32. The molecular weight excluding hydrogens is 414 g/mol. The SMILES string of the molecule is CCOc1cc(C)c(Nc2cc(CN)nc(N3CCC(n4ccnc4)CC3)n2)cc1C(C)C. The van der Waals surface area contributed by atoms with Crippen molar-refractivity contribution in [3.8, 4) is 5.75 Å². The van der Waals surface area contributed by atoms with Crippen LogP contribution in [-0.4, -0.2) is 39.2 Å². The zero-order chi connectivity index (χ0) is 23.4. The lowest BCUT2D eigenvalue weighted by Crippen LogP contribution is -2.35. The van der Waals surface area contributed by atoms with E-state index >= 15 is 0 Å². The van der Waals surface area contributed by atoms with Crippen molar-refractivity contribution in [2.45, 2.75) is 59.0 Å². The standard InChI is InChI=1S/C25H35N7O/c1-5-33-23-12-18(4)22(14-21(23)17(2)3)29-24-13-19(15-26)28-25(30-24)31-9-6-20(7-10-31)32-11-8-27-16-32/h8,11-14,16-17,20H,5-7,9-10,15,26H2,1-4H3,(H,28,29,30). The zero-order valence-electron chi connectivity index (χ0n) is 20.1. The van der Waals surface area contributed by atoms with Crippen molar-refractivity contribution < 1.29 is 4.74 Å². The number of nitrogens with zero attached hydrogens (tertiary/aromatic N) is 5. The van der Waals surface area contributed by atoms with Gasteiger partial charge in [-0.25, -0.2) is 9.97 Å². The Morgan fingerprint density at radius 3 is 2.61 bits per heavy atom. The Balaban J connectivity index is 1.56. The summed E-state index contributed by atoms with van der Waals surface area (Å²) in [5.41, 5.74) is 10.1. The first-order valence-corrected chi connectivity index (χ1v) is 11.8. The molecule has 8 heteroatoms. The number of rotatable bonds is 8. The largest absolute Gasteiger partial charge is 0.494 e. The molecule has 1 saturated heterocycles. The molecule has 0 aliphatic carbocycles. The number of ether oxygens (including phenoxy) is 1. The van der Waals surface area contributed by atoms with Gasteiger partial charge in [0.2, 0.25) is 5.95 Å². The third-order valence-electron chi connectivity index (χ3n) is 6.21. The molecule has 1 aliphatic heterocycles. The predicted octanol–water partition coefficient (Wildman–Crippen LogP) is 4.55. The van der Waals surface area contributed by atoms with Gasteiger partial charge in [0.25, 0.3) is 0 Å². The van der Waals surface area contributed by atoms with Crippen molar-refractivity contribution in [1.29, 1.82) is 0 Å². The van der Waals surface area contributed by atoms with Gasteiger partial charge < -0.3 is 25.3 Å². The minimum Gasteiger partial charge on any atom is -0.494 e. The van der Waals surface area contributed by atoms with Crippen LogP contribution in [0.3, 0.4) is 0 Å². The molecule has 0 atom stereocenters. The highest BCUT2D eigenvalue weighted by molar-refractivity contribution is 5.65. The second-order valence-electron chi connectivity index (χ2n) is 8.89. The minimum absolute atomic E-state index is 0.352. The number of aromatic nitrogens is 4.